The zero-order valence-electron chi connectivity index (χ0n) is 10.5. The van der Waals surface area contributed by atoms with Crippen molar-refractivity contribution >= 4 is 51.7 Å². The average Bonchev–Trinajstić information content (AvgIpc) is 2.81. The van der Waals surface area contributed by atoms with Crippen LogP contribution in [0.1, 0.15) is 25.5 Å². The second-order valence-electron chi connectivity index (χ2n) is 4.11. The van der Waals surface area contributed by atoms with E-state index in [2.05, 4.69) is 62.4 Å². The van der Waals surface area contributed by atoms with Gasteiger partial charge in [0.05, 0.1) is 15.4 Å². The number of halogens is 1. The third-order valence-corrected chi connectivity index (χ3v) is 5.77. The highest BCUT2D eigenvalue weighted by Gasteiger charge is 2.18. The molecule has 0 unspecified atom stereocenters. The summed E-state index contributed by atoms with van der Waals surface area (Å²) in [5.41, 5.74) is 2.26. The summed E-state index contributed by atoms with van der Waals surface area (Å²) in [6, 6.07) is 0. The van der Waals surface area contributed by atoms with E-state index in [1.54, 1.807) is 0 Å². The molecule has 18 heavy (non-hydrogen) atoms. The fraction of sp³-hybridized carbons (Fsp3) is 0.500. The third-order valence-electron chi connectivity index (χ3n) is 2.67. The average molecular weight is 393 g/mol. The first-order valence-corrected chi connectivity index (χ1v) is 8.76. The van der Waals surface area contributed by atoms with E-state index >= 15 is 0 Å². The molecule has 3 nitrogen and oxygen atoms in total. The third kappa shape index (κ3) is 3.27. The molecule has 0 radical (unpaired) electrons. The van der Waals surface area contributed by atoms with Crippen molar-refractivity contribution in [3.8, 4) is 0 Å². The Morgan fingerprint density at radius 1 is 1.50 bits per heavy atom. The van der Waals surface area contributed by atoms with E-state index in [9.17, 15) is 0 Å². The normalized spacial score (nSPS) is 15.6. The SMILES string of the molecule is CCCCSc1nsnc1C1=C(I)N(C)CC=C1. The molecule has 0 bridgehead atoms. The van der Waals surface area contributed by atoms with Gasteiger partial charge in [-0.05, 0) is 34.8 Å². The summed E-state index contributed by atoms with van der Waals surface area (Å²) in [6.07, 6.45) is 6.80. The van der Waals surface area contributed by atoms with Gasteiger partial charge in [0.25, 0.3) is 0 Å². The van der Waals surface area contributed by atoms with Gasteiger partial charge in [0, 0.05) is 19.2 Å². The number of likely N-dealkylation sites (N-methyl/N-ethyl adjacent to an activating group) is 1. The van der Waals surface area contributed by atoms with Crippen molar-refractivity contribution < 1.29 is 0 Å². The lowest BCUT2D eigenvalue weighted by molar-refractivity contribution is 0.501. The lowest BCUT2D eigenvalue weighted by Gasteiger charge is -2.22. The fourth-order valence-electron chi connectivity index (χ4n) is 1.61. The van der Waals surface area contributed by atoms with Crippen molar-refractivity contribution in [3.05, 3.63) is 21.5 Å². The number of aromatic nitrogens is 2. The monoisotopic (exact) mass is 393 g/mol. The van der Waals surface area contributed by atoms with Crippen molar-refractivity contribution in [1.29, 1.82) is 0 Å². The van der Waals surface area contributed by atoms with Crippen LogP contribution in [0, 0.1) is 0 Å². The Balaban J connectivity index is 2.21. The molecule has 0 N–H and O–H groups in total. The molecule has 2 rings (SSSR count). The number of nitrogens with zero attached hydrogens (tertiary/aromatic N) is 3. The number of hydrogen-bond donors (Lipinski definition) is 0. The number of thioether (sulfide) groups is 1. The lowest BCUT2D eigenvalue weighted by atomic mass is 10.1. The number of hydrogen-bond acceptors (Lipinski definition) is 5. The smallest absolute Gasteiger partial charge is 0.138 e. The van der Waals surface area contributed by atoms with Crippen molar-refractivity contribution in [2.45, 2.75) is 24.8 Å². The summed E-state index contributed by atoms with van der Waals surface area (Å²) in [6.45, 7) is 3.18. The maximum Gasteiger partial charge on any atom is 0.138 e. The Hall–Kier alpha value is -0.0800. The van der Waals surface area contributed by atoms with Gasteiger partial charge >= 0.3 is 0 Å². The maximum atomic E-state index is 4.47. The second kappa shape index (κ2) is 6.91. The Labute approximate surface area is 130 Å². The molecule has 1 aliphatic rings. The molecule has 0 amide bonds. The summed E-state index contributed by atoms with van der Waals surface area (Å²) < 4.78 is 10.1. The number of unbranched alkanes of at least 4 members (excludes halogenated alkanes) is 1. The van der Waals surface area contributed by atoms with Gasteiger partial charge in [0.2, 0.25) is 0 Å². The van der Waals surface area contributed by atoms with E-state index in [-0.39, 0.29) is 0 Å². The molecule has 0 saturated heterocycles. The molecule has 1 aromatic heterocycles. The van der Waals surface area contributed by atoms with E-state index in [4.69, 9.17) is 0 Å². The molecule has 0 saturated carbocycles. The van der Waals surface area contributed by atoms with Gasteiger partial charge in [0.15, 0.2) is 0 Å². The van der Waals surface area contributed by atoms with Gasteiger partial charge in [0.1, 0.15) is 10.7 Å². The molecular formula is C12H16IN3S2. The van der Waals surface area contributed by atoms with Crippen molar-refractivity contribution in [2.24, 2.45) is 0 Å². The molecule has 6 heteroatoms. The van der Waals surface area contributed by atoms with Crippen molar-refractivity contribution in [2.75, 3.05) is 19.3 Å². The lowest BCUT2D eigenvalue weighted by Crippen LogP contribution is -2.18. The van der Waals surface area contributed by atoms with E-state index in [1.165, 1.54) is 33.8 Å². The van der Waals surface area contributed by atoms with E-state index in [1.807, 2.05) is 11.8 Å². The van der Waals surface area contributed by atoms with Crippen LogP contribution in [0.5, 0.6) is 0 Å². The van der Waals surface area contributed by atoms with Gasteiger partial charge in [-0.15, -0.1) is 11.8 Å². The molecule has 98 valence electrons. The van der Waals surface area contributed by atoms with Gasteiger partial charge in [-0.3, -0.25) is 0 Å². The van der Waals surface area contributed by atoms with Crippen molar-refractivity contribution in [1.82, 2.24) is 13.6 Å². The summed E-state index contributed by atoms with van der Waals surface area (Å²) in [5, 5.41) is 1.08. The Bertz CT molecular complexity index is 468. The minimum atomic E-state index is 0.970. The predicted octanol–water partition coefficient (Wildman–Crippen LogP) is 4.04. The molecule has 2 heterocycles. The van der Waals surface area contributed by atoms with Crippen LogP contribution in [0.15, 0.2) is 20.9 Å². The second-order valence-corrected chi connectivity index (χ2v) is 6.74. The van der Waals surface area contributed by atoms with Crippen LogP contribution < -0.4 is 0 Å². The standard InChI is InChI=1S/C12H16IN3S2/c1-3-4-8-17-12-10(14-18-15-12)9-6-5-7-16(2)11(9)13/h5-6H,3-4,7-8H2,1-2H3. The first-order valence-electron chi connectivity index (χ1n) is 5.97. The van der Waals surface area contributed by atoms with Crippen LogP contribution in [-0.4, -0.2) is 33.0 Å². The Morgan fingerprint density at radius 2 is 2.33 bits per heavy atom. The maximum absolute atomic E-state index is 4.47. The fourth-order valence-corrected chi connectivity index (χ4v) is 4.00. The highest BCUT2D eigenvalue weighted by Crippen LogP contribution is 2.34. The predicted molar refractivity (Wildman–Crippen MR) is 88.3 cm³/mol. The molecule has 0 aromatic carbocycles. The van der Waals surface area contributed by atoms with Gasteiger partial charge < -0.3 is 4.90 Å². The minimum Gasteiger partial charge on any atom is -0.365 e. The molecular weight excluding hydrogens is 377 g/mol. The molecule has 1 aliphatic heterocycles. The topological polar surface area (TPSA) is 29.0 Å². The largest absolute Gasteiger partial charge is 0.365 e. The van der Waals surface area contributed by atoms with E-state index in [0.29, 0.717) is 0 Å². The highest BCUT2D eigenvalue weighted by molar-refractivity contribution is 14.1. The van der Waals surface area contributed by atoms with Crippen LogP contribution in [0.4, 0.5) is 0 Å². The van der Waals surface area contributed by atoms with E-state index < -0.39 is 0 Å². The molecule has 1 aromatic rings. The molecule has 0 atom stereocenters. The van der Waals surface area contributed by atoms with Gasteiger partial charge in [-0.2, -0.15) is 8.75 Å². The van der Waals surface area contributed by atoms with Crippen LogP contribution in [0.3, 0.4) is 0 Å². The Morgan fingerprint density at radius 3 is 3.11 bits per heavy atom. The molecule has 0 fully saturated rings. The Kier molecular flexibility index (Phi) is 5.50. The summed E-state index contributed by atoms with van der Waals surface area (Å²) in [7, 11) is 2.11. The van der Waals surface area contributed by atoms with Gasteiger partial charge in [-0.25, -0.2) is 0 Å². The number of rotatable bonds is 5. The summed E-state index contributed by atoms with van der Waals surface area (Å²) >= 11 is 5.52. The minimum absolute atomic E-state index is 0.970. The zero-order valence-corrected chi connectivity index (χ0v) is 14.3. The quantitative estimate of drug-likeness (QED) is 0.327. The van der Waals surface area contributed by atoms with E-state index in [0.717, 1.165) is 23.0 Å². The van der Waals surface area contributed by atoms with Crippen LogP contribution >= 0.6 is 46.1 Å². The van der Waals surface area contributed by atoms with Crippen LogP contribution in [-0.2, 0) is 0 Å². The van der Waals surface area contributed by atoms with Crippen LogP contribution in [0.25, 0.3) is 5.57 Å². The number of allylic oxidation sites excluding steroid dienone is 2. The zero-order chi connectivity index (χ0) is 13.0. The van der Waals surface area contributed by atoms with Crippen LogP contribution in [0.2, 0.25) is 0 Å². The molecule has 0 spiro atoms. The first kappa shape index (κ1) is 14.3. The van der Waals surface area contributed by atoms with Crippen molar-refractivity contribution in [3.63, 3.8) is 0 Å². The first-order chi connectivity index (χ1) is 8.74. The molecule has 0 aliphatic carbocycles. The summed E-state index contributed by atoms with van der Waals surface area (Å²) in [4.78, 5) is 2.23. The summed E-state index contributed by atoms with van der Waals surface area (Å²) in [5.74, 6) is 1.12. The highest BCUT2D eigenvalue weighted by atomic mass is 127. The van der Waals surface area contributed by atoms with Gasteiger partial charge in [-0.1, -0.05) is 25.5 Å².